The Bertz CT molecular complexity index is 766. The first-order chi connectivity index (χ1) is 11.3. The van der Waals surface area contributed by atoms with E-state index in [0.29, 0.717) is 11.3 Å². The average molecular weight is 388 g/mol. The monoisotopic (exact) mass is 386 g/mol. The van der Waals surface area contributed by atoms with Crippen LogP contribution < -0.4 is 5.32 Å². The number of hydrogen-bond acceptors (Lipinski definition) is 4. The molecule has 2 rings (SSSR count). The van der Waals surface area contributed by atoms with Gasteiger partial charge in [-0.05, 0) is 37.6 Å². The number of pyridine rings is 1. The third-order valence-corrected chi connectivity index (χ3v) is 3.97. The maximum Gasteiger partial charge on any atom is 0.342 e. The molecule has 1 aromatic heterocycles. The molecule has 5 nitrogen and oxygen atoms in total. The third kappa shape index (κ3) is 4.38. The van der Waals surface area contributed by atoms with Gasteiger partial charge < -0.3 is 10.1 Å². The van der Waals surface area contributed by atoms with Crippen LogP contribution in [-0.2, 0) is 9.53 Å². The van der Waals surface area contributed by atoms with E-state index in [-0.39, 0.29) is 26.4 Å². The number of benzene rings is 1. The molecule has 0 aliphatic heterocycles. The van der Waals surface area contributed by atoms with Crippen LogP contribution in [0.2, 0.25) is 15.2 Å². The average Bonchev–Trinajstić information content (AvgIpc) is 2.48. The van der Waals surface area contributed by atoms with Gasteiger partial charge in [-0.2, -0.15) is 0 Å². The summed E-state index contributed by atoms with van der Waals surface area (Å²) >= 11 is 17.9. The number of carbonyl (C=O) groups excluding carboxylic acids is 2. The lowest BCUT2D eigenvalue weighted by Crippen LogP contribution is -2.22. The standard InChI is InChI=1S/C16H13Cl3N2O3/c1-8-6-9(2)20-15(19)13(8)16(23)24-7-12(22)21-14-10(17)4-3-5-11(14)18/h3-6H,7H2,1-2H3,(H,21,22). The van der Waals surface area contributed by atoms with Crippen LogP contribution in [0, 0.1) is 13.8 Å². The second-order valence-electron chi connectivity index (χ2n) is 4.97. The van der Waals surface area contributed by atoms with Gasteiger partial charge in [0.15, 0.2) is 6.61 Å². The zero-order valence-electron chi connectivity index (χ0n) is 12.8. The number of amides is 1. The number of hydrogen-bond donors (Lipinski definition) is 1. The molecule has 126 valence electrons. The van der Waals surface area contributed by atoms with E-state index in [0.717, 1.165) is 0 Å². The quantitative estimate of drug-likeness (QED) is 0.621. The largest absolute Gasteiger partial charge is 0.452 e. The van der Waals surface area contributed by atoms with Crippen LogP contribution in [0.5, 0.6) is 0 Å². The molecule has 0 spiro atoms. The Hall–Kier alpha value is -1.82. The molecule has 2 aromatic rings. The van der Waals surface area contributed by atoms with Crippen molar-refractivity contribution in [3.63, 3.8) is 0 Å². The predicted molar refractivity (Wildman–Crippen MR) is 94.1 cm³/mol. The zero-order chi connectivity index (χ0) is 17.9. The van der Waals surface area contributed by atoms with Crippen LogP contribution in [0.15, 0.2) is 24.3 Å². The molecule has 0 atom stereocenters. The number of aromatic nitrogens is 1. The molecule has 24 heavy (non-hydrogen) atoms. The van der Waals surface area contributed by atoms with Crippen molar-refractivity contribution in [2.75, 3.05) is 11.9 Å². The van der Waals surface area contributed by atoms with Crippen LogP contribution in [0.4, 0.5) is 5.69 Å². The van der Waals surface area contributed by atoms with Crippen molar-refractivity contribution in [2.45, 2.75) is 13.8 Å². The number of nitrogens with one attached hydrogen (secondary N) is 1. The summed E-state index contributed by atoms with van der Waals surface area (Å²) < 4.78 is 4.98. The van der Waals surface area contributed by atoms with Crippen molar-refractivity contribution in [1.29, 1.82) is 0 Å². The van der Waals surface area contributed by atoms with Crippen molar-refractivity contribution >= 4 is 52.4 Å². The van der Waals surface area contributed by atoms with E-state index in [2.05, 4.69) is 10.3 Å². The molecule has 1 aromatic carbocycles. The van der Waals surface area contributed by atoms with E-state index in [1.165, 1.54) is 0 Å². The molecule has 1 heterocycles. The molecular weight excluding hydrogens is 375 g/mol. The van der Waals surface area contributed by atoms with E-state index in [9.17, 15) is 9.59 Å². The highest BCUT2D eigenvalue weighted by molar-refractivity contribution is 6.39. The Balaban J connectivity index is 2.03. The minimum atomic E-state index is -0.731. The Kier molecular flexibility index (Phi) is 6.04. The van der Waals surface area contributed by atoms with Gasteiger partial charge in [0.2, 0.25) is 0 Å². The van der Waals surface area contributed by atoms with E-state index >= 15 is 0 Å². The van der Waals surface area contributed by atoms with E-state index in [1.54, 1.807) is 38.1 Å². The van der Waals surface area contributed by atoms with Gasteiger partial charge in [0, 0.05) is 5.69 Å². The van der Waals surface area contributed by atoms with Gasteiger partial charge in [0.25, 0.3) is 5.91 Å². The van der Waals surface area contributed by atoms with Crippen LogP contribution in [0.1, 0.15) is 21.6 Å². The summed E-state index contributed by atoms with van der Waals surface area (Å²) in [5, 5.41) is 3.09. The van der Waals surface area contributed by atoms with Crippen molar-refractivity contribution in [3.05, 3.63) is 56.3 Å². The molecule has 0 bridgehead atoms. The highest BCUT2D eigenvalue weighted by Crippen LogP contribution is 2.29. The lowest BCUT2D eigenvalue weighted by molar-refractivity contribution is -0.119. The summed E-state index contributed by atoms with van der Waals surface area (Å²) in [5.74, 6) is -1.31. The molecule has 1 amide bonds. The van der Waals surface area contributed by atoms with Gasteiger partial charge in [-0.15, -0.1) is 0 Å². The molecule has 1 N–H and O–H groups in total. The van der Waals surface area contributed by atoms with Crippen molar-refractivity contribution in [1.82, 2.24) is 4.98 Å². The zero-order valence-corrected chi connectivity index (χ0v) is 15.1. The molecule has 0 aliphatic carbocycles. The number of anilines is 1. The SMILES string of the molecule is Cc1cc(C)c(C(=O)OCC(=O)Nc2c(Cl)cccc2Cl)c(Cl)n1. The molecular formula is C16H13Cl3N2O3. The lowest BCUT2D eigenvalue weighted by Gasteiger charge is -2.11. The summed E-state index contributed by atoms with van der Waals surface area (Å²) in [4.78, 5) is 28.0. The summed E-state index contributed by atoms with van der Waals surface area (Å²) in [5.41, 5.74) is 1.69. The minimum Gasteiger partial charge on any atom is -0.452 e. The smallest absolute Gasteiger partial charge is 0.342 e. The van der Waals surface area contributed by atoms with Crippen molar-refractivity contribution in [2.24, 2.45) is 0 Å². The Morgan fingerprint density at radius 3 is 2.38 bits per heavy atom. The van der Waals surface area contributed by atoms with E-state index < -0.39 is 18.5 Å². The van der Waals surface area contributed by atoms with E-state index in [1.807, 2.05) is 0 Å². The normalized spacial score (nSPS) is 10.4. The van der Waals surface area contributed by atoms with Gasteiger partial charge in [0.1, 0.15) is 5.15 Å². The second-order valence-corrected chi connectivity index (χ2v) is 6.14. The van der Waals surface area contributed by atoms with Gasteiger partial charge >= 0.3 is 5.97 Å². The molecule has 8 heteroatoms. The Morgan fingerprint density at radius 1 is 1.17 bits per heavy atom. The maximum absolute atomic E-state index is 12.1. The highest BCUT2D eigenvalue weighted by atomic mass is 35.5. The van der Waals surface area contributed by atoms with Crippen molar-refractivity contribution in [3.8, 4) is 0 Å². The topological polar surface area (TPSA) is 68.3 Å². The van der Waals surface area contributed by atoms with Gasteiger partial charge in [-0.25, -0.2) is 9.78 Å². The molecule has 0 radical (unpaired) electrons. The lowest BCUT2D eigenvalue weighted by atomic mass is 10.1. The number of rotatable bonds is 4. The molecule has 0 fully saturated rings. The fraction of sp³-hybridized carbons (Fsp3) is 0.188. The fourth-order valence-corrected chi connectivity index (χ4v) is 2.88. The first-order valence-corrected chi connectivity index (χ1v) is 7.97. The Morgan fingerprint density at radius 2 is 1.79 bits per heavy atom. The number of ether oxygens (including phenoxy) is 1. The predicted octanol–water partition coefficient (Wildman–Crippen LogP) is 4.45. The number of nitrogens with zero attached hydrogens (tertiary/aromatic N) is 1. The number of para-hydroxylation sites is 1. The van der Waals surface area contributed by atoms with Crippen LogP contribution >= 0.6 is 34.8 Å². The number of carbonyl (C=O) groups is 2. The van der Waals surface area contributed by atoms with Crippen LogP contribution in [-0.4, -0.2) is 23.5 Å². The first kappa shape index (κ1) is 18.5. The molecule has 0 unspecified atom stereocenters. The number of halogens is 3. The number of esters is 1. The first-order valence-electron chi connectivity index (χ1n) is 6.84. The molecule has 0 saturated heterocycles. The molecule has 0 saturated carbocycles. The van der Waals surface area contributed by atoms with Crippen molar-refractivity contribution < 1.29 is 14.3 Å². The molecule has 0 aliphatic rings. The summed E-state index contributed by atoms with van der Waals surface area (Å²) in [6, 6.07) is 6.51. The summed E-state index contributed by atoms with van der Waals surface area (Å²) in [6.45, 7) is 2.96. The maximum atomic E-state index is 12.1. The number of aryl methyl sites for hydroxylation is 2. The van der Waals surface area contributed by atoms with Gasteiger partial charge in [0.05, 0.1) is 21.3 Å². The minimum absolute atomic E-state index is 0.0343. The van der Waals surface area contributed by atoms with Gasteiger partial charge in [-0.1, -0.05) is 40.9 Å². The van der Waals surface area contributed by atoms with Crippen LogP contribution in [0.3, 0.4) is 0 Å². The summed E-state index contributed by atoms with van der Waals surface area (Å²) in [7, 11) is 0. The second kappa shape index (κ2) is 7.83. The third-order valence-electron chi connectivity index (χ3n) is 3.07. The Labute approximate surface area is 153 Å². The highest BCUT2D eigenvalue weighted by Gasteiger charge is 2.18. The van der Waals surface area contributed by atoms with Gasteiger partial charge in [-0.3, -0.25) is 4.79 Å². The van der Waals surface area contributed by atoms with E-state index in [4.69, 9.17) is 39.5 Å². The summed E-state index contributed by atoms with van der Waals surface area (Å²) in [6.07, 6.45) is 0. The fourth-order valence-electron chi connectivity index (χ4n) is 2.03. The van der Waals surface area contributed by atoms with Crippen LogP contribution in [0.25, 0.3) is 0 Å².